The number of aromatic carboxylic acids is 1. The number of allylic oxidation sites excluding steroid dienone is 1. The van der Waals surface area contributed by atoms with Crippen molar-refractivity contribution in [3.8, 4) is 0 Å². The Hall–Kier alpha value is -1.49. The second-order valence-electron chi connectivity index (χ2n) is 4.98. The molecule has 116 valence electrons. The fourth-order valence-corrected chi connectivity index (χ4v) is 3.42. The van der Waals surface area contributed by atoms with E-state index in [1.807, 2.05) is 13.8 Å². The van der Waals surface area contributed by atoms with Gasteiger partial charge in [-0.2, -0.15) is 0 Å². The van der Waals surface area contributed by atoms with Crippen LogP contribution in [0.4, 0.5) is 0 Å². The Morgan fingerprint density at radius 2 is 2.05 bits per heavy atom. The molecule has 0 aliphatic heterocycles. The summed E-state index contributed by atoms with van der Waals surface area (Å²) >= 11 is 1.48. The molecule has 5 heteroatoms. The zero-order valence-electron chi connectivity index (χ0n) is 12.9. The maximum absolute atomic E-state index is 12.4. The number of carbonyl (C=O) groups is 1. The van der Waals surface area contributed by atoms with Gasteiger partial charge in [0.1, 0.15) is 5.56 Å². The van der Waals surface area contributed by atoms with E-state index in [-0.39, 0.29) is 5.56 Å². The van der Waals surface area contributed by atoms with Crippen LogP contribution in [0.1, 0.15) is 47.8 Å². The number of carboxylic acids is 1. The lowest BCUT2D eigenvalue weighted by molar-refractivity contribution is 0.0690. The molecular weight excluding hydrogens is 286 g/mol. The maximum atomic E-state index is 12.4. The normalized spacial score (nSPS) is 10.6. The highest BCUT2D eigenvalue weighted by molar-refractivity contribution is 7.99. The minimum atomic E-state index is -1.15. The second kappa shape index (κ2) is 8.08. The summed E-state index contributed by atoms with van der Waals surface area (Å²) in [5.74, 6) is -0.321. The Kier molecular flexibility index (Phi) is 6.75. The van der Waals surface area contributed by atoms with Crippen LogP contribution in [0.15, 0.2) is 22.3 Å². The van der Waals surface area contributed by atoms with Gasteiger partial charge in [0.15, 0.2) is 0 Å². The number of hydrogen-bond acceptors (Lipinski definition) is 3. The summed E-state index contributed by atoms with van der Waals surface area (Å²) in [6, 6.07) is 0. The highest BCUT2D eigenvalue weighted by atomic mass is 32.2. The van der Waals surface area contributed by atoms with E-state index in [2.05, 4.69) is 13.5 Å². The molecule has 1 rings (SSSR count). The molecule has 4 nitrogen and oxygen atoms in total. The van der Waals surface area contributed by atoms with Crippen molar-refractivity contribution >= 4 is 17.7 Å². The van der Waals surface area contributed by atoms with E-state index in [9.17, 15) is 14.7 Å². The van der Waals surface area contributed by atoms with Gasteiger partial charge < -0.3 is 9.67 Å². The average molecular weight is 309 g/mol. The van der Waals surface area contributed by atoms with Crippen molar-refractivity contribution in [1.82, 2.24) is 4.57 Å². The molecule has 0 amide bonds. The Balaban J connectivity index is 3.31. The third kappa shape index (κ3) is 4.00. The predicted molar refractivity (Wildman–Crippen MR) is 87.6 cm³/mol. The van der Waals surface area contributed by atoms with E-state index in [1.54, 1.807) is 6.08 Å². The van der Waals surface area contributed by atoms with E-state index in [1.165, 1.54) is 16.3 Å². The molecule has 1 heterocycles. The van der Waals surface area contributed by atoms with E-state index >= 15 is 0 Å². The van der Waals surface area contributed by atoms with Crippen molar-refractivity contribution in [3.63, 3.8) is 0 Å². The summed E-state index contributed by atoms with van der Waals surface area (Å²) in [7, 11) is 0. The van der Waals surface area contributed by atoms with Gasteiger partial charge >= 0.3 is 5.97 Å². The summed E-state index contributed by atoms with van der Waals surface area (Å²) in [4.78, 5) is 24.5. The fraction of sp³-hybridized carbons (Fsp3) is 0.500. The van der Waals surface area contributed by atoms with Gasteiger partial charge in [0.2, 0.25) is 0 Å². The highest BCUT2D eigenvalue weighted by Crippen LogP contribution is 2.28. The van der Waals surface area contributed by atoms with Crippen LogP contribution in [0.3, 0.4) is 0 Å². The molecule has 0 atom stereocenters. The highest BCUT2D eigenvalue weighted by Gasteiger charge is 2.22. The van der Waals surface area contributed by atoms with Gasteiger partial charge in [-0.25, -0.2) is 4.79 Å². The molecule has 21 heavy (non-hydrogen) atoms. The lowest BCUT2D eigenvalue weighted by atomic mass is 10.1. The number of rotatable bonds is 8. The molecular formula is C16H23NO3S. The molecule has 0 saturated carbocycles. The first kappa shape index (κ1) is 17.6. The van der Waals surface area contributed by atoms with Gasteiger partial charge in [-0.05, 0) is 31.6 Å². The number of nitrogens with zero attached hydrogens (tertiary/aromatic N) is 1. The van der Waals surface area contributed by atoms with Gasteiger partial charge in [0, 0.05) is 17.1 Å². The summed E-state index contributed by atoms with van der Waals surface area (Å²) in [6.07, 6.45) is 4.86. The summed E-state index contributed by atoms with van der Waals surface area (Å²) in [5, 5.41) is 9.40. The van der Waals surface area contributed by atoms with Gasteiger partial charge in [0.25, 0.3) is 5.56 Å². The average Bonchev–Trinajstić information content (AvgIpc) is 2.44. The summed E-state index contributed by atoms with van der Waals surface area (Å²) in [5.41, 5.74) is 1.13. The van der Waals surface area contributed by atoms with Crippen LogP contribution in [0, 0.1) is 13.8 Å². The van der Waals surface area contributed by atoms with Crippen LogP contribution in [0.5, 0.6) is 0 Å². The minimum absolute atomic E-state index is 0.110. The zero-order valence-corrected chi connectivity index (χ0v) is 13.8. The van der Waals surface area contributed by atoms with Crippen LogP contribution in [0.25, 0.3) is 0 Å². The van der Waals surface area contributed by atoms with Crippen molar-refractivity contribution < 1.29 is 9.90 Å². The molecule has 0 aromatic carbocycles. The largest absolute Gasteiger partial charge is 0.477 e. The predicted octanol–water partition coefficient (Wildman–Crippen LogP) is 3.63. The number of aromatic nitrogens is 1. The third-order valence-electron chi connectivity index (χ3n) is 3.49. The molecule has 0 bridgehead atoms. The van der Waals surface area contributed by atoms with E-state index < -0.39 is 11.5 Å². The fourth-order valence-electron chi connectivity index (χ4n) is 2.18. The summed E-state index contributed by atoms with van der Waals surface area (Å²) in [6.45, 7) is 9.80. The lowest BCUT2D eigenvalue weighted by Gasteiger charge is -2.17. The van der Waals surface area contributed by atoms with E-state index in [0.29, 0.717) is 11.4 Å². The molecule has 1 N–H and O–H groups in total. The van der Waals surface area contributed by atoms with Crippen LogP contribution in [-0.2, 0) is 6.54 Å². The van der Waals surface area contributed by atoms with Crippen LogP contribution >= 0.6 is 11.8 Å². The van der Waals surface area contributed by atoms with Crippen molar-refractivity contribution in [3.05, 3.63) is 39.8 Å². The molecule has 1 aromatic rings. The SMILES string of the molecule is C=CCn1c(C)c(C)c(SCCCCC)c(C(=O)O)c1=O. The zero-order chi connectivity index (χ0) is 16.0. The van der Waals surface area contributed by atoms with E-state index in [4.69, 9.17) is 0 Å². The molecule has 0 radical (unpaired) electrons. The summed E-state index contributed by atoms with van der Waals surface area (Å²) < 4.78 is 1.47. The smallest absolute Gasteiger partial charge is 0.342 e. The number of pyridine rings is 1. The Labute approximate surface area is 129 Å². The molecule has 1 aromatic heterocycles. The topological polar surface area (TPSA) is 59.3 Å². The van der Waals surface area contributed by atoms with Gasteiger partial charge in [0.05, 0.1) is 0 Å². The third-order valence-corrected chi connectivity index (χ3v) is 4.79. The van der Waals surface area contributed by atoms with E-state index in [0.717, 1.165) is 36.3 Å². The standard InChI is InChI=1S/C16H23NO3S/c1-5-7-8-10-21-14-11(3)12(4)17(9-6-2)15(18)13(14)16(19)20/h6H,2,5,7-10H2,1,3-4H3,(H,19,20). The molecule has 0 aliphatic rings. The molecule has 0 spiro atoms. The van der Waals surface area contributed by atoms with Crippen LogP contribution in [0.2, 0.25) is 0 Å². The van der Waals surface area contributed by atoms with Crippen LogP contribution < -0.4 is 5.56 Å². The Morgan fingerprint density at radius 1 is 1.38 bits per heavy atom. The monoisotopic (exact) mass is 309 g/mol. The first-order chi connectivity index (χ1) is 9.95. The minimum Gasteiger partial charge on any atom is -0.477 e. The number of carboxylic acid groups (broad SMARTS) is 1. The molecule has 0 unspecified atom stereocenters. The first-order valence-electron chi connectivity index (χ1n) is 7.16. The molecule has 0 fully saturated rings. The quantitative estimate of drug-likeness (QED) is 0.452. The van der Waals surface area contributed by atoms with Gasteiger partial charge in [-0.1, -0.05) is 25.8 Å². The Morgan fingerprint density at radius 3 is 2.57 bits per heavy atom. The molecule has 0 saturated heterocycles. The molecule has 0 aliphatic carbocycles. The lowest BCUT2D eigenvalue weighted by Crippen LogP contribution is -2.30. The maximum Gasteiger partial charge on any atom is 0.342 e. The number of hydrogen-bond donors (Lipinski definition) is 1. The van der Waals surface area contributed by atoms with Gasteiger partial charge in [-0.15, -0.1) is 18.3 Å². The number of unbranched alkanes of at least 4 members (excludes halogenated alkanes) is 2. The van der Waals surface area contributed by atoms with Crippen LogP contribution in [-0.4, -0.2) is 21.4 Å². The first-order valence-corrected chi connectivity index (χ1v) is 8.15. The van der Waals surface area contributed by atoms with Crippen molar-refractivity contribution in [1.29, 1.82) is 0 Å². The van der Waals surface area contributed by atoms with Crippen molar-refractivity contribution in [2.75, 3.05) is 5.75 Å². The Bertz CT molecular complexity index is 590. The second-order valence-corrected chi connectivity index (χ2v) is 6.08. The van der Waals surface area contributed by atoms with Crippen molar-refractivity contribution in [2.24, 2.45) is 0 Å². The van der Waals surface area contributed by atoms with Gasteiger partial charge in [-0.3, -0.25) is 4.79 Å². The number of thioether (sulfide) groups is 1. The van der Waals surface area contributed by atoms with Crippen molar-refractivity contribution in [2.45, 2.75) is 51.5 Å².